The Kier molecular flexibility index (Phi) is 4.60. The van der Waals surface area contributed by atoms with Gasteiger partial charge in [-0.3, -0.25) is 9.11 Å². The standard InChI is InChI=1S/C14H15NO6S2/c15-14(10-8-11-5-2-1-3-6-11)9-4-7-12(22(16,17)18)13(14)23(19,20)21/h1-10,13H,15H2,(H,16,17,18)(H,19,20,21). The van der Waals surface area contributed by atoms with Gasteiger partial charge in [-0.2, -0.15) is 16.8 Å². The number of allylic oxidation sites excluding steroid dienone is 2. The molecule has 1 aliphatic carbocycles. The minimum absolute atomic E-state index is 0.697. The van der Waals surface area contributed by atoms with Gasteiger partial charge in [0.25, 0.3) is 20.2 Å². The first-order valence-corrected chi connectivity index (χ1v) is 9.35. The van der Waals surface area contributed by atoms with Crippen molar-refractivity contribution in [3.05, 3.63) is 65.1 Å². The summed E-state index contributed by atoms with van der Waals surface area (Å²) in [5.74, 6) is 0. The highest BCUT2D eigenvalue weighted by Crippen LogP contribution is 2.32. The van der Waals surface area contributed by atoms with Crippen LogP contribution in [-0.2, 0) is 20.2 Å². The van der Waals surface area contributed by atoms with Gasteiger partial charge in [-0.15, -0.1) is 0 Å². The lowest BCUT2D eigenvalue weighted by atomic mass is 9.90. The third kappa shape index (κ3) is 3.95. The van der Waals surface area contributed by atoms with Gasteiger partial charge in [-0.05, 0) is 11.6 Å². The Morgan fingerprint density at radius 2 is 1.70 bits per heavy atom. The topological polar surface area (TPSA) is 135 Å². The van der Waals surface area contributed by atoms with E-state index in [1.165, 1.54) is 24.3 Å². The Morgan fingerprint density at radius 1 is 1.09 bits per heavy atom. The van der Waals surface area contributed by atoms with Gasteiger partial charge in [-0.1, -0.05) is 54.6 Å². The highest BCUT2D eigenvalue weighted by Gasteiger charge is 2.47. The van der Waals surface area contributed by atoms with Crippen LogP contribution in [0.2, 0.25) is 0 Å². The van der Waals surface area contributed by atoms with Crippen molar-refractivity contribution in [2.45, 2.75) is 10.8 Å². The molecule has 0 spiro atoms. The number of nitrogens with two attached hydrogens (primary N) is 1. The molecule has 0 amide bonds. The lowest BCUT2D eigenvalue weighted by Crippen LogP contribution is -2.54. The summed E-state index contributed by atoms with van der Waals surface area (Å²) < 4.78 is 64.8. The smallest absolute Gasteiger partial charge is 0.292 e. The van der Waals surface area contributed by atoms with E-state index in [2.05, 4.69) is 0 Å². The summed E-state index contributed by atoms with van der Waals surface area (Å²) in [5.41, 5.74) is 4.85. The van der Waals surface area contributed by atoms with E-state index in [1.807, 2.05) is 0 Å². The molecule has 0 aliphatic heterocycles. The fraction of sp³-hybridized carbons (Fsp3) is 0.143. The number of rotatable bonds is 4. The van der Waals surface area contributed by atoms with E-state index in [0.29, 0.717) is 5.56 Å². The van der Waals surface area contributed by atoms with Crippen molar-refractivity contribution in [2.75, 3.05) is 0 Å². The average molecular weight is 357 g/mol. The molecule has 0 bridgehead atoms. The van der Waals surface area contributed by atoms with Crippen molar-refractivity contribution in [1.29, 1.82) is 0 Å². The van der Waals surface area contributed by atoms with Crippen LogP contribution in [-0.4, -0.2) is 36.7 Å². The maximum absolute atomic E-state index is 11.7. The van der Waals surface area contributed by atoms with E-state index >= 15 is 0 Å². The van der Waals surface area contributed by atoms with E-state index in [0.717, 1.165) is 6.08 Å². The number of benzene rings is 1. The molecule has 0 heterocycles. The van der Waals surface area contributed by atoms with Gasteiger partial charge in [0, 0.05) is 0 Å². The van der Waals surface area contributed by atoms with Crippen LogP contribution in [0.15, 0.2) is 59.5 Å². The second-order valence-corrected chi connectivity index (χ2v) is 7.97. The first-order chi connectivity index (χ1) is 10.5. The van der Waals surface area contributed by atoms with Crippen molar-refractivity contribution in [2.24, 2.45) is 5.73 Å². The predicted molar refractivity (Wildman–Crippen MR) is 86.5 cm³/mol. The zero-order valence-electron chi connectivity index (χ0n) is 11.8. The first-order valence-electron chi connectivity index (χ1n) is 6.40. The molecule has 2 rings (SSSR count). The van der Waals surface area contributed by atoms with E-state index < -0.39 is 35.9 Å². The van der Waals surface area contributed by atoms with Crippen LogP contribution in [0.3, 0.4) is 0 Å². The summed E-state index contributed by atoms with van der Waals surface area (Å²) in [6.45, 7) is 0. The van der Waals surface area contributed by atoms with Crippen LogP contribution >= 0.6 is 0 Å². The Morgan fingerprint density at radius 3 is 2.22 bits per heavy atom. The van der Waals surface area contributed by atoms with Gasteiger partial charge < -0.3 is 5.73 Å². The Bertz CT molecular complexity index is 884. The third-order valence-corrected chi connectivity index (χ3v) is 5.69. The van der Waals surface area contributed by atoms with Crippen LogP contribution in [0.25, 0.3) is 6.08 Å². The molecule has 1 aromatic rings. The second kappa shape index (κ2) is 6.02. The summed E-state index contributed by atoms with van der Waals surface area (Å²) in [7, 11) is -9.76. The summed E-state index contributed by atoms with van der Waals surface area (Å²) >= 11 is 0. The zero-order chi connectivity index (χ0) is 17.3. The first kappa shape index (κ1) is 17.6. The van der Waals surface area contributed by atoms with Crippen molar-refractivity contribution in [3.63, 3.8) is 0 Å². The van der Waals surface area contributed by atoms with Gasteiger partial charge in [0.1, 0.15) is 5.25 Å². The lowest BCUT2D eigenvalue weighted by Gasteiger charge is -2.32. The van der Waals surface area contributed by atoms with Crippen molar-refractivity contribution < 1.29 is 25.9 Å². The molecular weight excluding hydrogens is 342 g/mol. The SMILES string of the molecule is NC1(C=Cc2ccccc2)C=CC=C(S(=O)(=O)O)C1S(=O)(=O)O. The van der Waals surface area contributed by atoms with Crippen LogP contribution in [0, 0.1) is 0 Å². The van der Waals surface area contributed by atoms with Crippen LogP contribution in [0.5, 0.6) is 0 Å². The van der Waals surface area contributed by atoms with Crippen LogP contribution in [0.1, 0.15) is 5.56 Å². The van der Waals surface area contributed by atoms with Gasteiger partial charge in [0.15, 0.2) is 0 Å². The van der Waals surface area contributed by atoms with E-state index in [1.54, 1.807) is 30.3 Å². The molecule has 9 heteroatoms. The molecule has 0 fully saturated rings. The van der Waals surface area contributed by atoms with Crippen LogP contribution in [0.4, 0.5) is 0 Å². The Labute approximate surface area is 134 Å². The fourth-order valence-electron chi connectivity index (χ4n) is 2.30. The molecule has 2 unspecified atom stereocenters. The maximum atomic E-state index is 11.7. The Balaban J connectivity index is 2.54. The van der Waals surface area contributed by atoms with Crippen molar-refractivity contribution >= 4 is 26.3 Å². The molecule has 124 valence electrons. The van der Waals surface area contributed by atoms with Gasteiger partial charge in [-0.25, -0.2) is 0 Å². The molecule has 0 aromatic heterocycles. The van der Waals surface area contributed by atoms with Crippen molar-refractivity contribution in [1.82, 2.24) is 0 Å². The van der Waals surface area contributed by atoms with Gasteiger partial charge >= 0.3 is 0 Å². The summed E-state index contributed by atoms with van der Waals surface area (Å²) in [5, 5.41) is -2.05. The molecule has 0 saturated heterocycles. The molecule has 23 heavy (non-hydrogen) atoms. The Hall–Kier alpha value is -1.78. The van der Waals surface area contributed by atoms with E-state index in [-0.39, 0.29) is 0 Å². The highest BCUT2D eigenvalue weighted by atomic mass is 32.2. The minimum Gasteiger partial charge on any atom is -0.317 e. The maximum Gasteiger partial charge on any atom is 0.292 e. The molecule has 1 aliphatic rings. The largest absolute Gasteiger partial charge is 0.317 e. The monoisotopic (exact) mass is 357 g/mol. The normalized spacial score (nSPS) is 25.5. The molecule has 2 atom stereocenters. The fourth-order valence-corrected chi connectivity index (χ4v) is 4.80. The second-order valence-electron chi connectivity index (χ2n) is 5.04. The van der Waals surface area contributed by atoms with Gasteiger partial charge in [0.2, 0.25) is 0 Å². The highest BCUT2D eigenvalue weighted by molar-refractivity contribution is 7.93. The third-order valence-electron chi connectivity index (χ3n) is 3.32. The lowest BCUT2D eigenvalue weighted by molar-refractivity contribution is 0.449. The quantitative estimate of drug-likeness (QED) is 0.684. The molecule has 1 aromatic carbocycles. The summed E-state index contributed by atoms with van der Waals surface area (Å²) in [6.07, 6.45) is 6.08. The summed E-state index contributed by atoms with van der Waals surface area (Å²) in [4.78, 5) is -0.886. The van der Waals surface area contributed by atoms with Gasteiger partial charge in [0.05, 0.1) is 10.4 Å². The number of hydrogen-bond donors (Lipinski definition) is 3. The predicted octanol–water partition coefficient (Wildman–Crippen LogP) is 0.995. The average Bonchev–Trinajstić information content (AvgIpc) is 2.44. The van der Waals surface area contributed by atoms with E-state index in [4.69, 9.17) is 5.73 Å². The molecule has 0 radical (unpaired) electrons. The van der Waals surface area contributed by atoms with Crippen LogP contribution < -0.4 is 5.73 Å². The minimum atomic E-state index is -4.91. The molecule has 7 nitrogen and oxygen atoms in total. The molecular formula is C14H15NO6S2. The molecule has 0 saturated carbocycles. The molecule has 4 N–H and O–H groups in total. The number of hydrogen-bond acceptors (Lipinski definition) is 5. The van der Waals surface area contributed by atoms with E-state index in [9.17, 15) is 25.9 Å². The zero-order valence-corrected chi connectivity index (χ0v) is 13.4. The summed E-state index contributed by atoms with van der Waals surface area (Å²) in [6, 6.07) is 8.76. The van der Waals surface area contributed by atoms with Crippen molar-refractivity contribution in [3.8, 4) is 0 Å².